The Morgan fingerprint density at radius 3 is 2.70 bits per heavy atom. The molecule has 114 valence electrons. The van der Waals surface area contributed by atoms with E-state index in [4.69, 9.17) is 11.6 Å². The summed E-state index contributed by atoms with van der Waals surface area (Å²) >= 11 is 7.50. The van der Waals surface area contributed by atoms with Gasteiger partial charge in [-0.25, -0.2) is 0 Å². The number of halogens is 1. The summed E-state index contributed by atoms with van der Waals surface area (Å²) in [6, 6.07) is 4.03. The van der Waals surface area contributed by atoms with Gasteiger partial charge in [0.05, 0.1) is 0 Å². The van der Waals surface area contributed by atoms with E-state index >= 15 is 0 Å². The Balaban J connectivity index is 1.89. The van der Waals surface area contributed by atoms with Gasteiger partial charge >= 0.3 is 0 Å². The third kappa shape index (κ3) is 3.95. The molecule has 7 heteroatoms. The van der Waals surface area contributed by atoms with Crippen LogP contribution in [-0.2, 0) is 16.6 Å². The van der Waals surface area contributed by atoms with Gasteiger partial charge in [-0.3, -0.25) is 0 Å². The number of hydrogen-bond acceptors (Lipinski definition) is 3. The Labute approximate surface area is 130 Å². The van der Waals surface area contributed by atoms with Crippen LogP contribution < -0.4 is 0 Å². The van der Waals surface area contributed by atoms with Crippen LogP contribution in [0.4, 0.5) is 0 Å². The van der Waals surface area contributed by atoms with Crippen LogP contribution in [0.3, 0.4) is 0 Å². The first-order valence-corrected chi connectivity index (χ1v) is 9.65. The van der Waals surface area contributed by atoms with Crippen LogP contribution in [0.5, 0.6) is 0 Å². The highest BCUT2D eigenvalue weighted by atomic mass is 35.5. The van der Waals surface area contributed by atoms with Crippen LogP contribution >= 0.6 is 22.9 Å². The molecule has 1 aromatic heterocycles. The second kappa shape index (κ2) is 7.22. The predicted molar refractivity (Wildman–Crippen MR) is 84.6 cm³/mol. The van der Waals surface area contributed by atoms with E-state index in [9.17, 15) is 8.42 Å². The SMILES string of the molecule is CN(CCc1cccs1)S(=O)(=O)N1CCC(CCl)CC1. The van der Waals surface area contributed by atoms with Gasteiger partial charge in [0.15, 0.2) is 0 Å². The fourth-order valence-corrected chi connectivity index (χ4v) is 4.72. The van der Waals surface area contributed by atoms with Crippen molar-refractivity contribution in [1.29, 1.82) is 0 Å². The highest BCUT2D eigenvalue weighted by Crippen LogP contribution is 2.22. The van der Waals surface area contributed by atoms with E-state index in [0.29, 0.717) is 31.4 Å². The molecule has 0 radical (unpaired) electrons. The Hall–Kier alpha value is -0.140. The van der Waals surface area contributed by atoms with E-state index in [1.54, 1.807) is 22.7 Å². The van der Waals surface area contributed by atoms with Gasteiger partial charge in [0, 0.05) is 37.4 Å². The van der Waals surface area contributed by atoms with Gasteiger partial charge < -0.3 is 0 Å². The van der Waals surface area contributed by atoms with E-state index in [0.717, 1.165) is 19.3 Å². The molecule has 20 heavy (non-hydrogen) atoms. The van der Waals surface area contributed by atoms with E-state index in [2.05, 4.69) is 0 Å². The topological polar surface area (TPSA) is 40.6 Å². The molecule has 0 N–H and O–H groups in total. The first kappa shape index (κ1) is 16.2. The lowest BCUT2D eigenvalue weighted by Crippen LogP contribution is -2.46. The van der Waals surface area contributed by atoms with Crippen molar-refractivity contribution in [1.82, 2.24) is 8.61 Å². The monoisotopic (exact) mass is 336 g/mol. The molecule has 0 bridgehead atoms. The quantitative estimate of drug-likeness (QED) is 0.748. The molecule has 1 aromatic rings. The van der Waals surface area contributed by atoms with Crippen molar-refractivity contribution in [3.05, 3.63) is 22.4 Å². The van der Waals surface area contributed by atoms with Crippen molar-refractivity contribution in [3.63, 3.8) is 0 Å². The standard InChI is InChI=1S/C13H21ClN2O2S2/c1-15(7-6-13-3-2-10-19-13)20(17,18)16-8-4-12(11-14)5-9-16/h2-3,10,12H,4-9,11H2,1H3. The summed E-state index contributed by atoms with van der Waals surface area (Å²) in [4.78, 5) is 1.22. The van der Waals surface area contributed by atoms with E-state index < -0.39 is 10.2 Å². The van der Waals surface area contributed by atoms with E-state index in [1.165, 1.54) is 9.18 Å². The molecule has 0 amide bonds. The van der Waals surface area contributed by atoms with Gasteiger partial charge in [-0.2, -0.15) is 17.0 Å². The molecule has 0 saturated carbocycles. The number of rotatable bonds is 6. The molecule has 0 aromatic carbocycles. The van der Waals surface area contributed by atoms with Crippen molar-refractivity contribution in [2.75, 3.05) is 32.6 Å². The smallest absolute Gasteiger partial charge is 0.195 e. The molecule has 0 spiro atoms. The molecule has 0 unspecified atom stereocenters. The Morgan fingerprint density at radius 1 is 1.45 bits per heavy atom. The van der Waals surface area contributed by atoms with Gasteiger partial charge in [0.2, 0.25) is 0 Å². The van der Waals surface area contributed by atoms with Crippen LogP contribution in [0, 0.1) is 5.92 Å². The highest BCUT2D eigenvalue weighted by molar-refractivity contribution is 7.86. The number of piperidine rings is 1. The lowest BCUT2D eigenvalue weighted by atomic mass is 10.0. The summed E-state index contributed by atoms with van der Waals surface area (Å²) in [5, 5.41) is 2.01. The van der Waals surface area contributed by atoms with Gasteiger partial charge in [-0.15, -0.1) is 22.9 Å². The lowest BCUT2D eigenvalue weighted by Gasteiger charge is -2.33. The Morgan fingerprint density at radius 2 is 2.15 bits per heavy atom. The van der Waals surface area contributed by atoms with E-state index in [1.807, 2.05) is 17.5 Å². The second-order valence-electron chi connectivity index (χ2n) is 5.16. The van der Waals surface area contributed by atoms with Crippen LogP contribution in [0.25, 0.3) is 0 Å². The highest BCUT2D eigenvalue weighted by Gasteiger charge is 2.30. The molecule has 1 fully saturated rings. The second-order valence-corrected chi connectivity index (χ2v) is 8.53. The normalized spacial score (nSPS) is 18.8. The van der Waals surface area contributed by atoms with Gasteiger partial charge in [-0.05, 0) is 36.6 Å². The lowest BCUT2D eigenvalue weighted by molar-refractivity contribution is 0.272. The molecule has 0 aliphatic carbocycles. The van der Waals surface area contributed by atoms with Gasteiger partial charge in [-0.1, -0.05) is 6.07 Å². The average Bonchev–Trinajstić information content (AvgIpc) is 2.98. The molecule has 0 atom stereocenters. The summed E-state index contributed by atoms with van der Waals surface area (Å²) < 4.78 is 28.0. The molecule has 2 rings (SSSR count). The minimum atomic E-state index is -3.32. The molecular weight excluding hydrogens is 316 g/mol. The molecule has 1 aliphatic rings. The van der Waals surface area contributed by atoms with Crippen LogP contribution in [-0.4, -0.2) is 49.6 Å². The van der Waals surface area contributed by atoms with Crippen molar-refractivity contribution >= 4 is 33.1 Å². The summed E-state index contributed by atoms with van der Waals surface area (Å²) in [6.45, 7) is 1.70. The Bertz CT molecular complexity index is 496. The van der Waals surface area contributed by atoms with Crippen LogP contribution in [0.2, 0.25) is 0 Å². The van der Waals surface area contributed by atoms with Gasteiger partial charge in [0.25, 0.3) is 10.2 Å². The van der Waals surface area contributed by atoms with Crippen LogP contribution in [0.1, 0.15) is 17.7 Å². The summed E-state index contributed by atoms with van der Waals surface area (Å²) in [5.74, 6) is 1.08. The average molecular weight is 337 g/mol. The van der Waals surface area contributed by atoms with Crippen molar-refractivity contribution < 1.29 is 8.42 Å². The predicted octanol–water partition coefficient (Wildman–Crippen LogP) is 2.42. The third-order valence-corrected chi connectivity index (χ3v) is 7.13. The van der Waals surface area contributed by atoms with Crippen molar-refractivity contribution in [3.8, 4) is 0 Å². The largest absolute Gasteiger partial charge is 0.281 e. The zero-order chi connectivity index (χ0) is 14.6. The first-order chi connectivity index (χ1) is 9.54. The summed E-state index contributed by atoms with van der Waals surface area (Å²) in [5.41, 5.74) is 0. The number of likely N-dealkylation sites (N-methyl/N-ethyl adjacent to an activating group) is 1. The minimum absolute atomic E-state index is 0.458. The fraction of sp³-hybridized carbons (Fsp3) is 0.692. The molecule has 2 heterocycles. The minimum Gasteiger partial charge on any atom is -0.195 e. The first-order valence-electron chi connectivity index (χ1n) is 6.84. The van der Waals surface area contributed by atoms with Gasteiger partial charge in [0.1, 0.15) is 0 Å². The third-order valence-electron chi connectivity index (χ3n) is 3.77. The molecular formula is C13H21ClN2O2S2. The van der Waals surface area contributed by atoms with Crippen molar-refractivity contribution in [2.24, 2.45) is 5.92 Å². The molecule has 1 saturated heterocycles. The number of hydrogen-bond donors (Lipinski definition) is 0. The number of alkyl halides is 1. The Kier molecular flexibility index (Phi) is 5.86. The number of nitrogens with zero attached hydrogens (tertiary/aromatic N) is 2. The van der Waals surface area contributed by atoms with Crippen molar-refractivity contribution in [2.45, 2.75) is 19.3 Å². The number of thiophene rings is 1. The maximum absolute atomic E-state index is 12.5. The molecule has 4 nitrogen and oxygen atoms in total. The maximum atomic E-state index is 12.5. The van der Waals surface area contributed by atoms with E-state index in [-0.39, 0.29) is 0 Å². The fourth-order valence-electron chi connectivity index (χ4n) is 2.33. The summed E-state index contributed by atoms with van der Waals surface area (Å²) in [7, 11) is -1.66. The zero-order valence-electron chi connectivity index (χ0n) is 11.7. The summed E-state index contributed by atoms with van der Waals surface area (Å²) in [6.07, 6.45) is 2.49. The maximum Gasteiger partial charge on any atom is 0.281 e. The van der Waals surface area contributed by atoms with Crippen LogP contribution in [0.15, 0.2) is 17.5 Å². The molecule has 1 aliphatic heterocycles. The zero-order valence-corrected chi connectivity index (χ0v) is 14.1.